The molecule has 1 saturated carbocycles. The van der Waals surface area contributed by atoms with Gasteiger partial charge in [0, 0.05) is 36.2 Å². The van der Waals surface area contributed by atoms with E-state index in [1.807, 2.05) is 44.2 Å². The highest BCUT2D eigenvalue weighted by molar-refractivity contribution is 6.09. The normalized spacial score (nSPS) is 18.2. The number of pyridine rings is 1. The van der Waals surface area contributed by atoms with Crippen molar-refractivity contribution < 1.29 is 18.8 Å². The Morgan fingerprint density at radius 3 is 2.57 bits per heavy atom. The Bertz CT molecular complexity index is 1340. The van der Waals surface area contributed by atoms with Crippen molar-refractivity contribution in [3.05, 3.63) is 59.9 Å². The summed E-state index contributed by atoms with van der Waals surface area (Å²) in [7, 11) is 0. The Kier molecular flexibility index (Phi) is 6.64. The second-order valence-electron chi connectivity index (χ2n) is 9.23. The number of hydrogen-bond acceptors (Lipinski definition) is 5. The lowest BCUT2D eigenvalue weighted by Crippen LogP contribution is -2.47. The van der Waals surface area contributed by atoms with Crippen molar-refractivity contribution in [2.75, 3.05) is 30.3 Å². The summed E-state index contributed by atoms with van der Waals surface area (Å²) in [5, 5.41) is 6.05. The maximum atomic E-state index is 13.4. The Hall–Kier alpha value is -4.21. The van der Waals surface area contributed by atoms with Crippen LogP contribution < -0.4 is 10.6 Å². The van der Waals surface area contributed by atoms with Crippen LogP contribution in [0.2, 0.25) is 0 Å². The van der Waals surface area contributed by atoms with Crippen LogP contribution in [0.15, 0.2) is 48.7 Å². The molecular formula is C27H29FN6O3. The molecule has 3 heterocycles. The molecule has 192 valence electrons. The van der Waals surface area contributed by atoms with Gasteiger partial charge in [0.25, 0.3) is 0 Å². The Morgan fingerprint density at radius 2 is 1.89 bits per heavy atom. The van der Waals surface area contributed by atoms with Gasteiger partial charge in [-0.05, 0) is 44.5 Å². The number of aromatic nitrogens is 2. The molecule has 10 heteroatoms. The van der Waals surface area contributed by atoms with Gasteiger partial charge in [0.15, 0.2) is 5.78 Å². The molecule has 2 atom stereocenters. The monoisotopic (exact) mass is 504 g/mol. The van der Waals surface area contributed by atoms with E-state index in [0.717, 1.165) is 5.69 Å². The van der Waals surface area contributed by atoms with E-state index < -0.39 is 18.0 Å². The van der Waals surface area contributed by atoms with Gasteiger partial charge in [0.1, 0.15) is 12.0 Å². The average molecular weight is 505 g/mol. The van der Waals surface area contributed by atoms with E-state index in [1.165, 1.54) is 0 Å². The number of urea groups is 1. The molecule has 1 aromatic carbocycles. The van der Waals surface area contributed by atoms with Gasteiger partial charge in [-0.25, -0.2) is 14.2 Å². The number of hydrogen-bond donors (Lipinski definition) is 3. The van der Waals surface area contributed by atoms with Crippen LogP contribution in [-0.2, 0) is 11.3 Å². The van der Waals surface area contributed by atoms with Crippen LogP contribution in [0.1, 0.15) is 36.3 Å². The van der Waals surface area contributed by atoms with Gasteiger partial charge in [0.05, 0.1) is 36.0 Å². The largest absolute Gasteiger partial charge is 0.355 e. The zero-order valence-electron chi connectivity index (χ0n) is 20.8. The average Bonchev–Trinajstić information content (AvgIpc) is 3.53. The standard InChI is InChI=1S/C27H29FN6O3/c1-3-33(4-2)27(37)34-14-20-23(21(35)15-34)25(30-17-8-6-5-7-9-17)24(31-20)16-10-11-29-22(12-16)32-26(36)18-13-19(18)28/h5-12,18-19,30-31H,3-4,13-15H2,1-2H3,(H,29,32,36)/t18-,19+/m1/s1. The number of fused-ring (bicyclic) bond motifs is 1. The highest BCUT2D eigenvalue weighted by Crippen LogP contribution is 2.39. The van der Waals surface area contributed by atoms with Crippen LogP contribution in [0.25, 0.3) is 11.3 Å². The number of carbonyl (C=O) groups excluding carboxylic acids is 3. The summed E-state index contributed by atoms with van der Waals surface area (Å²) >= 11 is 0. The number of amides is 3. The fourth-order valence-electron chi connectivity index (χ4n) is 4.62. The number of rotatable bonds is 7. The number of alkyl halides is 1. The molecule has 2 aromatic heterocycles. The SMILES string of the molecule is CCN(CC)C(=O)N1CC(=O)c2c([nH]c(-c3ccnc(NC(=O)[C@@H]4C[C@@H]4F)c3)c2Nc2ccccc2)C1. The number of aromatic amines is 1. The van der Waals surface area contributed by atoms with Crippen molar-refractivity contribution in [1.29, 1.82) is 0 Å². The molecule has 1 fully saturated rings. The Labute approximate surface area is 214 Å². The first-order valence-corrected chi connectivity index (χ1v) is 12.4. The van der Waals surface area contributed by atoms with Gasteiger partial charge in [-0.3, -0.25) is 9.59 Å². The van der Waals surface area contributed by atoms with E-state index in [0.29, 0.717) is 47.1 Å². The van der Waals surface area contributed by atoms with Gasteiger partial charge < -0.3 is 25.4 Å². The van der Waals surface area contributed by atoms with Crippen molar-refractivity contribution in [1.82, 2.24) is 19.8 Å². The molecule has 3 N–H and O–H groups in total. The summed E-state index contributed by atoms with van der Waals surface area (Å²) in [6.45, 7) is 5.16. The van der Waals surface area contributed by atoms with Crippen molar-refractivity contribution in [2.24, 2.45) is 5.92 Å². The number of ketones is 1. The molecule has 0 unspecified atom stereocenters. The number of nitrogens with one attached hydrogen (secondary N) is 3. The first kappa shape index (κ1) is 24.5. The summed E-state index contributed by atoms with van der Waals surface area (Å²) in [5.41, 5.74) is 3.84. The lowest BCUT2D eigenvalue weighted by molar-refractivity contribution is -0.117. The van der Waals surface area contributed by atoms with E-state index in [1.54, 1.807) is 28.1 Å². The smallest absolute Gasteiger partial charge is 0.320 e. The van der Waals surface area contributed by atoms with Crippen molar-refractivity contribution in [3.8, 4) is 11.3 Å². The zero-order valence-corrected chi connectivity index (χ0v) is 20.8. The van der Waals surface area contributed by atoms with Gasteiger partial charge in [0.2, 0.25) is 5.91 Å². The maximum Gasteiger partial charge on any atom is 0.320 e. The second kappa shape index (κ2) is 10.0. The lowest BCUT2D eigenvalue weighted by atomic mass is 10.0. The van der Waals surface area contributed by atoms with E-state index in [2.05, 4.69) is 20.6 Å². The molecule has 9 nitrogen and oxygen atoms in total. The first-order valence-electron chi connectivity index (χ1n) is 12.4. The molecule has 3 aromatic rings. The van der Waals surface area contributed by atoms with Crippen LogP contribution in [-0.4, -0.2) is 63.3 Å². The van der Waals surface area contributed by atoms with Gasteiger partial charge in [-0.2, -0.15) is 0 Å². The van der Waals surface area contributed by atoms with E-state index in [-0.39, 0.29) is 31.3 Å². The Balaban J connectivity index is 1.52. The molecule has 1 aliphatic carbocycles. The lowest BCUT2D eigenvalue weighted by Gasteiger charge is -2.31. The fourth-order valence-corrected chi connectivity index (χ4v) is 4.62. The van der Waals surface area contributed by atoms with E-state index in [4.69, 9.17) is 0 Å². The van der Waals surface area contributed by atoms with Crippen molar-refractivity contribution in [3.63, 3.8) is 0 Å². The van der Waals surface area contributed by atoms with Crippen molar-refractivity contribution >= 4 is 34.9 Å². The minimum atomic E-state index is -1.10. The Morgan fingerprint density at radius 1 is 1.16 bits per heavy atom. The molecule has 0 spiro atoms. The van der Waals surface area contributed by atoms with Gasteiger partial charge in [-0.15, -0.1) is 0 Å². The minimum absolute atomic E-state index is 0.0213. The summed E-state index contributed by atoms with van der Waals surface area (Å²) in [4.78, 5) is 49.4. The highest BCUT2D eigenvalue weighted by Gasteiger charge is 2.43. The fraction of sp³-hybridized carbons (Fsp3) is 0.333. The van der Waals surface area contributed by atoms with Gasteiger partial charge in [-0.1, -0.05) is 18.2 Å². The van der Waals surface area contributed by atoms with Crippen molar-refractivity contribution in [2.45, 2.75) is 33.0 Å². The molecule has 37 heavy (non-hydrogen) atoms. The van der Waals surface area contributed by atoms with Crippen LogP contribution in [0.5, 0.6) is 0 Å². The summed E-state index contributed by atoms with van der Waals surface area (Å²) in [5.74, 6) is -0.908. The number of Topliss-reactive ketones (excluding diaryl/α,β-unsaturated/α-hetero) is 1. The van der Waals surface area contributed by atoms with E-state index in [9.17, 15) is 18.8 Å². The number of halogens is 1. The van der Waals surface area contributed by atoms with Crippen LogP contribution in [0.4, 0.5) is 26.4 Å². The predicted molar refractivity (Wildman–Crippen MR) is 138 cm³/mol. The summed E-state index contributed by atoms with van der Waals surface area (Å²) in [6, 6.07) is 12.7. The highest BCUT2D eigenvalue weighted by atomic mass is 19.1. The first-order chi connectivity index (χ1) is 17.9. The minimum Gasteiger partial charge on any atom is -0.355 e. The number of anilines is 3. The number of H-pyrrole nitrogens is 1. The maximum absolute atomic E-state index is 13.4. The third-order valence-corrected chi connectivity index (χ3v) is 6.74. The third kappa shape index (κ3) is 4.91. The van der Waals surface area contributed by atoms with Crippen LogP contribution >= 0.6 is 0 Å². The number of para-hydroxylation sites is 1. The summed E-state index contributed by atoms with van der Waals surface area (Å²) < 4.78 is 13.3. The second-order valence-corrected chi connectivity index (χ2v) is 9.23. The topological polar surface area (TPSA) is 110 Å². The number of carbonyl (C=O) groups is 3. The number of nitrogens with zero attached hydrogens (tertiary/aromatic N) is 3. The molecular weight excluding hydrogens is 475 g/mol. The molecule has 5 rings (SSSR count). The van der Waals surface area contributed by atoms with E-state index >= 15 is 0 Å². The third-order valence-electron chi connectivity index (χ3n) is 6.74. The van der Waals surface area contributed by atoms with Gasteiger partial charge >= 0.3 is 6.03 Å². The summed E-state index contributed by atoms with van der Waals surface area (Å²) in [6.07, 6.45) is 0.674. The predicted octanol–water partition coefficient (Wildman–Crippen LogP) is 4.58. The van der Waals surface area contributed by atoms with Crippen LogP contribution in [0.3, 0.4) is 0 Å². The molecule has 2 aliphatic rings. The molecule has 0 saturated heterocycles. The molecule has 1 aliphatic heterocycles. The molecule has 3 amide bonds. The molecule has 0 bridgehead atoms. The molecule has 0 radical (unpaired) electrons. The zero-order chi connectivity index (χ0) is 26.1. The number of benzene rings is 1. The quantitative estimate of drug-likeness (QED) is 0.436. The van der Waals surface area contributed by atoms with Crippen LogP contribution in [0, 0.1) is 5.92 Å².